The molecule has 3 nitrogen and oxygen atoms in total. The van der Waals surface area contributed by atoms with Crippen molar-refractivity contribution in [1.82, 2.24) is 15.5 Å². The van der Waals surface area contributed by atoms with Gasteiger partial charge in [-0.1, -0.05) is 30.7 Å². The van der Waals surface area contributed by atoms with Gasteiger partial charge in [-0.15, -0.1) is 0 Å². The van der Waals surface area contributed by atoms with Crippen LogP contribution in [0.25, 0.3) is 0 Å². The second-order valence-corrected chi connectivity index (χ2v) is 6.04. The molecule has 1 unspecified atom stereocenters. The molecule has 2 aromatic rings. The van der Waals surface area contributed by atoms with Crippen LogP contribution in [0.4, 0.5) is 0 Å². The largest absolute Gasteiger partial charge is 0.309 e. The van der Waals surface area contributed by atoms with Gasteiger partial charge in [0.2, 0.25) is 0 Å². The molecule has 1 aliphatic rings. The fourth-order valence-electron chi connectivity index (χ4n) is 3.07. The number of nitrogens with zero attached hydrogens (tertiary/aromatic N) is 2. The average Bonchev–Trinajstić information content (AvgIpc) is 2.43. The van der Waals surface area contributed by atoms with Crippen LogP contribution in [0.15, 0.2) is 30.3 Å². The summed E-state index contributed by atoms with van der Waals surface area (Å²) in [6.45, 7) is 4.01. The highest BCUT2D eigenvalue weighted by Crippen LogP contribution is 2.36. The van der Waals surface area contributed by atoms with Crippen molar-refractivity contribution in [3.05, 3.63) is 58.4 Å². The number of benzene rings is 1. The van der Waals surface area contributed by atoms with Crippen LogP contribution >= 0.6 is 0 Å². The normalized spacial score (nSPS) is 16.5. The summed E-state index contributed by atoms with van der Waals surface area (Å²) in [5.41, 5.74) is 5.93. The summed E-state index contributed by atoms with van der Waals surface area (Å²) in [5.74, 6) is 0.790. The molecule has 1 fully saturated rings. The number of aromatic nitrogens is 2. The van der Waals surface area contributed by atoms with E-state index in [0.717, 1.165) is 17.3 Å². The van der Waals surface area contributed by atoms with Crippen molar-refractivity contribution in [2.24, 2.45) is 0 Å². The fraction of sp³-hybridized carbons (Fsp3) is 0.444. The van der Waals surface area contributed by atoms with Crippen molar-refractivity contribution in [3.63, 3.8) is 0 Å². The van der Waals surface area contributed by atoms with Crippen molar-refractivity contribution in [1.29, 1.82) is 0 Å². The topological polar surface area (TPSA) is 37.8 Å². The maximum absolute atomic E-state index is 4.25. The Hall–Kier alpha value is -1.74. The summed E-state index contributed by atoms with van der Waals surface area (Å²) in [4.78, 5) is 0. The molecule has 1 atom stereocenters. The average molecular weight is 281 g/mol. The van der Waals surface area contributed by atoms with E-state index in [2.05, 4.69) is 45.8 Å². The van der Waals surface area contributed by atoms with E-state index >= 15 is 0 Å². The molecule has 0 bridgehead atoms. The first-order chi connectivity index (χ1) is 10.2. The van der Waals surface area contributed by atoms with Gasteiger partial charge in [0.15, 0.2) is 0 Å². The molecule has 3 heteroatoms. The smallest absolute Gasteiger partial charge is 0.0651 e. The van der Waals surface area contributed by atoms with Gasteiger partial charge in [-0.05, 0) is 62.4 Å². The zero-order valence-corrected chi connectivity index (χ0v) is 13.1. The van der Waals surface area contributed by atoms with Crippen molar-refractivity contribution >= 4 is 0 Å². The van der Waals surface area contributed by atoms with E-state index in [1.807, 2.05) is 20.9 Å². The standard InChI is InChI=1S/C18H23N3/c1-12-11-17(13(2)21-20-12)18(19-3)16-9-7-15(8-10-16)14-5-4-6-14/h7-11,14,18-19H,4-6H2,1-3H3. The van der Waals surface area contributed by atoms with Crippen LogP contribution in [0, 0.1) is 13.8 Å². The highest BCUT2D eigenvalue weighted by atomic mass is 15.1. The first kappa shape index (κ1) is 14.2. The lowest BCUT2D eigenvalue weighted by Gasteiger charge is -2.26. The molecule has 0 spiro atoms. The van der Waals surface area contributed by atoms with E-state index in [1.54, 1.807) is 0 Å². The monoisotopic (exact) mass is 281 g/mol. The van der Waals surface area contributed by atoms with Gasteiger partial charge in [-0.25, -0.2) is 0 Å². The molecule has 1 aromatic heterocycles. The summed E-state index contributed by atoms with van der Waals surface area (Å²) >= 11 is 0. The minimum atomic E-state index is 0.176. The SMILES string of the molecule is CNC(c1ccc(C2CCC2)cc1)c1cc(C)nnc1C. The number of nitrogens with one attached hydrogen (secondary N) is 1. The minimum absolute atomic E-state index is 0.176. The van der Waals surface area contributed by atoms with E-state index in [1.165, 1.54) is 36.0 Å². The number of aryl methyl sites for hydroxylation is 2. The molecule has 1 N–H and O–H groups in total. The molecular formula is C18H23N3. The number of rotatable bonds is 4. The summed E-state index contributed by atoms with van der Waals surface area (Å²) in [6.07, 6.45) is 4.08. The predicted molar refractivity (Wildman–Crippen MR) is 85.4 cm³/mol. The van der Waals surface area contributed by atoms with Gasteiger partial charge >= 0.3 is 0 Å². The van der Waals surface area contributed by atoms with Crippen molar-refractivity contribution in [2.75, 3.05) is 7.05 Å². The molecule has 3 rings (SSSR count). The van der Waals surface area contributed by atoms with Gasteiger partial charge in [0.05, 0.1) is 17.4 Å². The first-order valence-corrected chi connectivity index (χ1v) is 7.77. The van der Waals surface area contributed by atoms with Gasteiger partial charge < -0.3 is 5.32 Å². The zero-order chi connectivity index (χ0) is 14.8. The van der Waals surface area contributed by atoms with Gasteiger partial charge in [0.25, 0.3) is 0 Å². The second-order valence-electron chi connectivity index (χ2n) is 6.04. The Labute approximate surface area is 126 Å². The van der Waals surface area contributed by atoms with Gasteiger partial charge in [0.1, 0.15) is 0 Å². The predicted octanol–water partition coefficient (Wildman–Crippen LogP) is 3.67. The van der Waals surface area contributed by atoms with E-state index in [-0.39, 0.29) is 6.04 Å². The van der Waals surface area contributed by atoms with Crippen molar-refractivity contribution in [2.45, 2.75) is 45.1 Å². The van der Waals surface area contributed by atoms with Crippen LogP contribution in [-0.4, -0.2) is 17.2 Å². The number of hydrogen-bond donors (Lipinski definition) is 1. The van der Waals surface area contributed by atoms with Gasteiger partial charge in [-0.3, -0.25) is 0 Å². The third-order valence-corrected chi connectivity index (χ3v) is 4.59. The second kappa shape index (κ2) is 5.94. The molecule has 1 heterocycles. The van der Waals surface area contributed by atoms with Crippen LogP contribution < -0.4 is 5.32 Å². The quantitative estimate of drug-likeness (QED) is 0.929. The van der Waals surface area contributed by atoms with Crippen LogP contribution in [0.3, 0.4) is 0 Å². The third-order valence-electron chi connectivity index (χ3n) is 4.59. The van der Waals surface area contributed by atoms with Gasteiger partial charge in [0, 0.05) is 0 Å². The van der Waals surface area contributed by atoms with E-state index in [4.69, 9.17) is 0 Å². The summed E-state index contributed by atoms with van der Waals surface area (Å²) in [6, 6.07) is 11.4. The molecule has 0 saturated heterocycles. The molecule has 1 aromatic carbocycles. The lowest BCUT2D eigenvalue weighted by molar-refractivity contribution is 0.419. The maximum atomic E-state index is 4.25. The zero-order valence-electron chi connectivity index (χ0n) is 13.1. The molecule has 110 valence electrons. The van der Waals surface area contributed by atoms with Crippen molar-refractivity contribution in [3.8, 4) is 0 Å². The first-order valence-electron chi connectivity index (χ1n) is 7.77. The molecule has 0 amide bonds. The van der Waals surface area contributed by atoms with E-state index in [9.17, 15) is 0 Å². The summed E-state index contributed by atoms with van der Waals surface area (Å²) in [7, 11) is 2.00. The lowest BCUT2D eigenvalue weighted by atomic mass is 9.79. The van der Waals surface area contributed by atoms with Crippen molar-refractivity contribution < 1.29 is 0 Å². The molecule has 1 saturated carbocycles. The highest BCUT2D eigenvalue weighted by molar-refractivity contribution is 5.36. The Morgan fingerprint density at radius 2 is 1.81 bits per heavy atom. The molecule has 1 aliphatic carbocycles. The van der Waals surface area contributed by atoms with Crippen LogP contribution in [0.2, 0.25) is 0 Å². The van der Waals surface area contributed by atoms with Crippen LogP contribution in [0.1, 0.15) is 59.3 Å². The van der Waals surface area contributed by atoms with E-state index < -0.39 is 0 Å². The lowest BCUT2D eigenvalue weighted by Crippen LogP contribution is -2.20. The summed E-state index contributed by atoms with van der Waals surface area (Å²) in [5, 5.41) is 11.8. The minimum Gasteiger partial charge on any atom is -0.309 e. The van der Waals surface area contributed by atoms with Gasteiger partial charge in [-0.2, -0.15) is 10.2 Å². The summed E-state index contributed by atoms with van der Waals surface area (Å²) < 4.78 is 0. The molecule has 0 aliphatic heterocycles. The Balaban J connectivity index is 1.90. The molecule has 21 heavy (non-hydrogen) atoms. The van der Waals surface area contributed by atoms with E-state index in [0.29, 0.717) is 0 Å². The third kappa shape index (κ3) is 2.84. The Morgan fingerprint density at radius 1 is 1.10 bits per heavy atom. The number of hydrogen-bond acceptors (Lipinski definition) is 3. The Bertz CT molecular complexity index is 615. The Morgan fingerprint density at radius 3 is 2.38 bits per heavy atom. The Kier molecular flexibility index (Phi) is 4.02. The highest BCUT2D eigenvalue weighted by Gasteiger charge is 2.20. The fourth-order valence-corrected chi connectivity index (χ4v) is 3.07. The molecular weight excluding hydrogens is 258 g/mol. The maximum Gasteiger partial charge on any atom is 0.0651 e. The van der Waals surface area contributed by atoms with Crippen LogP contribution in [0.5, 0.6) is 0 Å². The van der Waals surface area contributed by atoms with Crippen LogP contribution in [-0.2, 0) is 0 Å². The molecule has 0 radical (unpaired) electrons.